The molecule has 0 aliphatic rings. The number of halogens is 1. The van der Waals surface area contributed by atoms with E-state index >= 15 is 0 Å². The summed E-state index contributed by atoms with van der Waals surface area (Å²) >= 11 is 5.86. The molecule has 16 nitrogen and oxygen atoms in total. The van der Waals surface area contributed by atoms with Gasteiger partial charge in [0.05, 0.1) is 13.1 Å². The van der Waals surface area contributed by atoms with E-state index in [1.54, 1.807) is 31.2 Å². The lowest BCUT2D eigenvalue weighted by Crippen LogP contribution is -2.51. The summed E-state index contributed by atoms with van der Waals surface area (Å²) in [5.41, 5.74) is 6.09. The van der Waals surface area contributed by atoms with Crippen LogP contribution in [0.5, 0.6) is 0 Å². The normalized spacial score (nSPS) is 12.3. The Bertz CT molecular complexity index is 1180. The predicted molar refractivity (Wildman–Crippen MR) is 158 cm³/mol. The minimum Gasteiger partial charge on any atom is -0.368 e. The number of hydrogen-bond acceptors (Lipinski definition) is 8. The molecule has 0 bridgehead atoms. The molecule has 3 unspecified atom stereocenters. The highest BCUT2D eigenvalue weighted by Crippen LogP contribution is 2.11. The molecule has 242 valence electrons. The Morgan fingerprint density at radius 2 is 1.39 bits per heavy atom. The first-order valence-electron chi connectivity index (χ1n) is 13.7. The van der Waals surface area contributed by atoms with Crippen molar-refractivity contribution >= 4 is 59.4 Å². The molecule has 9 N–H and O–H groups in total. The summed E-state index contributed by atoms with van der Waals surface area (Å²) in [6, 6.07) is 3.47. The van der Waals surface area contributed by atoms with Crippen LogP contribution in [0, 0.1) is 0 Å². The first-order chi connectivity index (χ1) is 20.9. The third-order valence-corrected chi connectivity index (χ3v) is 6.21. The second kappa shape index (κ2) is 20.2. The quantitative estimate of drug-likeness (QED) is 0.0688. The Labute approximate surface area is 259 Å². The number of carbonyl (C=O) groups is 8. The van der Waals surface area contributed by atoms with Gasteiger partial charge in [0.1, 0.15) is 18.1 Å². The van der Waals surface area contributed by atoms with Gasteiger partial charge in [-0.25, -0.2) is 0 Å². The van der Waals surface area contributed by atoms with Crippen molar-refractivity contribution in [1.29, 1.82) is 0 Å². The predicted octanol–water partition coefficient (Wildman–Crippen LogP) is -2.87. The molecule has 17 heteroatoms. The van der Waals surface area contributed by atoms with Crippen molar-refractivity contribution in [2.75, 3.05) is 26.2 Å². The fraction of sp³-hybridized carbons (Fsp3) is 0.481. The van der Waals surface area contributed by atoms with Crippen LogP contribution in [0.1, 0.15) is 38.7 Å². The second-order valence-corrected chi connectivity index (χ2v) is 9.95. The van der Waals surface area contributed by atoms with Crippen molar-refractivity contribution in [3.8, 4) is 0 Å². The van der Waals surface area contributed by atoms with E-state index in [0.717, 1.165) is 5.56 Å². The molecule has 0 aromatic heterocycles. The van der Waals surface area contributed by atoms with E-state index in [0.29, 0.717) is 18.0 Å². The Balaban J connectivity index is 2.55. The molecule has 0 fully saturated rings. The van der Waals surface area contributed by atoms with Crippen molar-refractivity contribution < 1.29 is 38.4 Å². The number of amides is 8. The van der Waals surface area contributed by atoms with Crippen molar-refractivity contribution in [3.63, 3.8) is 0 Å². The molecule has 0 saturated carbocycles. The zero-order valence-electron chi connectivity index (χ0n) is 24.5. The van der Waals surface area contributed by atoms with E-state index in [2.05, 4.69) is 37.2 Å². The van der Waals surface area contributed by atoms with Crippen molar-refractivity contribution in [1.82, 2.24) is 37.2 Å². The molecule has 0 radical (unpaired) electrons. The van der Waals surface area contributed by atoms with Crippen LogP contribution in [0.25, 0.3) is 0 Å². The van der Waals surface area contributed by atoms with Gasteiger partial charge >= 0.3 is 0 Å². The molecule has 1 aromatic rings. The number of rotatable bonds is 20. The molecule has 0 saturated heterocycles. The van der Waals surface area contributed by atoms with E-state index in [1.807, 2.05) is 0 Å². The van der Waals surface area contributed by atoms with Gasteiger partial charge in [-0.1, -0.05) is 23.7 Å². The lowest BCUT2D eigenvalue weighted by Gasteiger charge is -2.19. The smallest absolute Gasteiger partial charge is 0.243 e. The van der Waals surface area contributed by atoms with Crippen LogP contribution in [-0.4, -0.2) is 92.1 Å². The zero-order valence-corrected chi connectivity index (χ0v) is 25.3. The van der Waals surface area contributed by atoms with Crippen LogP contribution in [0.2, 0.25) is 5.02 Å². The van der Waals surface area contributed by atoms with E-state index in [4.69, 9.17) is 17.3 Å². The lowest BCUT2D eigenvalue weighted by atomic mass is 10.1. The van der Waals surface area contributed by atoms with E-state index in [1.165, 1.54) is 6.92 Å². The maximum Gasteiger partial charge on any atom is 0.243 e. The van der Waals surface area contributed by atoms with Gasteiger partial charge in [0.15, 0.2) is 0 Å². The minimum atomic E-state index is -1.17. The lowest BCUT2D eigenvalue weighted by molar-refractivity contribution is -0.130. The van der Waals surface area contributed by atoms with Crippen LogP contribution >= 0.6 is 11.6 Å². The summed E-state index contributed by atoms with van der Waals surface area (Å²) in [5, 5.41) is 17.5. The molecule has 1 rings (SSSR count). The first-order valence-corrected chi connectivity index (χ1v) is 14.1. The number of nitrogens with two attached hydrogens (primary N) is 1. The number of nitrogens with one attached hydrogen (secondary N) is 7. The van der Waals surface area contributed by atoms with E-state index in [9.17, 15) is 38.4 Å². The Morgan fingerprint density at radius 3 is 1.95 bits per heavy atom. The molecule has 0 heterocycles. The highest BCUT2D eigenvalue weighted by molar-refractivity contribution is 6.30. The summed E-state index contributed by atoms with van der Waals surface area (Å²) in [6.45, 7) is 2.31. The number of carbonyl (C=O) groups excluding carboxylic acids is 8. The molecular formula is C27H39ClN8O8. The minimum absolute atomic E-state index is 0.0445. The van der Waals surface area contributed by atoms with Crippen LogP contribution in [0.15, 0.2) is 24.3 Å². The van der Waals surface area contributed by atoms with Crippen LogP contribution in [-0.2, 0) is 44.8 Å². The summed E-state index contributed by atoms with van der Waals surface area (Å²) in [7, 11) is 0. The van der Waals surface area contributed by atoms with Crippen LogP contribution in [0.4, 0.5) is 0 Å². The molecule has 0 spiro atoms. The third kappa shape index (κ3) is 15.5. The highest BCUT2D eigenvalue weighted by Gasteiger charge is 2.23. The van der Waals surface area contributed by atoms with Gasteiger partial charge in [0, 0.05) is 37.9 Å². The van der Waals surface area contributed by atoms with E-state index in [-0.39, 0.29) is 38.8 Å². The molecule has 0 aliphatic carbocycles. The van der Waals surface area contributed by atoms with Gasteiger partial charge in [-0.15, -0.1) is 0 Å². The largest absolute Gasteiger partial charge is 0.368 e. The standard InChI is InChI=1S/C27H39ClN8O8/c1-3-30-26(43)20(36-23(40)13-32-16(2)38)8-9-22(39)31-11-10-19(25(29)42)35-24(41)14-33-27(44)21(34-15-37)12-17-4-6-18(28)7-5-17/h4-7,15,19-21H,3,8-14H2,1-2H3,(H2,29,42)(H,30,43)(H,31,39)(H,32,38)(H,33,44)(H,34,37)(H,35,41)(H,36,40). The number of benzene rings is 1. The Hall–Kier alpha value is -4.73. The first kappa shape index (κ1) is 37.3. The maximum absolute atomic E-state index is 12.5. The fourth-order valence-electron chi connectivity index (χ4n) is 3.72. The molecule has 1 aromatic carbocycles. The van der Waals surface area contributed by atoms with Crippen LogP contribution < -0.4 is 43.0 Å². The van der Waals surface area contributed by atoms with Gasteiger partial charge in [-0.05, 0) is 37.5 Å². The molecular weight excluding hydrogens is 600 g/mol. The number of likely N-dealkylation sites (N-methyl/N-ethyl adjacent to an activating group) is 1. The second-order valence-electron chi connectivity index (χ2n) is 9.51. The topological polar surface area (TPSA) is 247 Å². The number of hydrogen-bond donors (Lipinski definition) is 8. The van der Waals surface area contributed by atoms with E-state index < -0.39 is 66.0 Å². The molecule has 8 amide bonds. The molecule has 0 aliphatic heterocycles. The summed E-state index contributed by atoms with van der Waals surface area (Å²) in [4.78, 5) is 95.4. The maximum atomic E-state index is 12.5. The summed E-state index contributed by atoms with van der Waals surface area (Å²) < 4.78 is 0. The average molecular weight is 639 g/mol. The van der Waals surface area contributed by atoms with Gasteiger partial charge in [-0.2, -0.15) is 0 Å². The SMILES string of the molecule is CCNC(=O)C(CCC(=O)NCCC(NC(=O)CNC(=O)C(Cc1ccc(Cl)cc1)NC=O)C(N)=O)NC(=O)CNC(C)=O. The van der Waals surface area contributed by atoms with Gasteiger partial charge in [0.2, 0.25) is 47.8 Å². The van der Waals surface area contributed by atoms with Gasteiger partial charge < -0.3 is 43.0 Å². The summed E-state index contributed by atoms with van der Waals surface area (Å²) in [6.07, 6.45) is 0.230. The van der Waals surface area contributed by atoms with Crippen molar-refractivity contribution in [2.45, 2.75) is 57.7 Å². The Morgan fingerprint density at radius 1 is 0.795 bits per heavy atom. The van der Waals surface area contributed by atoms with Crippen molar-refractivity contribution in [2.24, 2.45) is 5.73 Å². The number of primary amides is 1. The van der Waals surface area contributed by atoms with Crippen molar-refractivity contribution in [3.05, 3.63) is 34.9 Å². The molecule has 3 atom stereocenters. The Kier molecular flexibility index (Phi) is 17.1. The van der Waals surface area contributed by atoms with Gasteiger partial charge in [0.25, 0.3) is 0 Å². The third-order valence-electron chi connectivity index (χ3n) is 5.96. The highest BCUT2D eigenvalue weighted by atomic mass is 35.5. The van der Waals surface area contributed by atoms with Gasteiger partial charge in [-0.3, -0.25) is 38.4 Å². The summed E-state index contributed by atoms with van der Waals surface area (Å²) in [5.74, 6) is -4.27. The zero-order chi connectivity index (χ0) is 33.1. The average Bonchev–Trinajstić information content (AvgIpc) is 2.97. The monoisotopic (exact) mass is 638 g/mol. The molecule has 44 heavy (non-hydrogen) atoms. The fourth-order valence-corrected chi connectivity index (χ4v) is 3.85. The van der Waals surface area contributed by atoms with Crippen LogP contribution in [0.3, 0.4) is 0 Å².